The van der Waals surface area contributed by atoms with E-state index < -0.39 is 0 Å². The van der Waals surface area contributed by atoms with Crippen LogP contribution in [0.15, 0.2) is 0 Å². The topological polar surface area (TPSA) is 61.0 Å². The van der Waals surface area contributed by atoms with Crippen molar-refractivity contribution in [3.63, 3.8) is 0 Å². The molecule has 0 aromatic carbocycles. The number of nitrogens with two attached hydrogens (primary N) is 1. The molecule has 3 unspecified atom stereocenters. The molecule has 0 bridgehead atoms. The van der Waals surface area contributed by atoms with Gasteiger partial charge in [-0.3, -0.25) is 0 Å². The molecule has 0 aliphatic carbocycles. The summed E-state index contributed by atoms with van der Waals surface area (Å²) in [6.07, 6.45) is 1.40. The average molecular weight is 213 g/mol. The average Bonchev–Trinajstić information content (AvgIpc) is 2.70. The molecular formula is C9H15N3OS. The SMILES string of the molecule is CC1CC(c2nnc(C(C)N)s2)CO1. The fourth-order valence-electron chi connectivity index (χ4n) is 1.58. The minimum atomic E-state index is -0.0130. The molecule has 5 heteroatoms. The molecule has 3 atom stereocenters. The maximum atomic E-state index is 5.73. The lowest BCUT2D eigenvalue weighted by Crippen LogP contribution is -2.03. The van der Waals surface area contributed by atoms with Crippen molar-refractivity contribution in [2.75, 3.05) is 6.61 Å². The number of hydrogen-bond donors (Lipinski definition) is 1. The normalized spacial score (nSPS) is 29.4. The van der Waals surface area contributed by atoms with E-state index in [2.05, 4.69) is 17.1 Å². The first kappa shape index (κ1) is 10.0. The van der Waals surface area contributed by atoms with E-state index in [0.29, 0.717) is 12.0 Å². The van der Waals surface area contributed by atoms with Gasteiger partial charge in [0.05, 0.1) is 18.8 Å². The predicted molar refractivity (Wildman–Crippen MR) is 55.3 cm³/mol. The molecule has 1 fully saturated rings. The highest BCUT2D eigenvalue weighted by molar-refractivity contribution is 7.11. The van der Waals surface area contributed by atoms with E-state index in [0.717, 1.165) is 23.0 Å². The second kappa shape index (κ2) is 3.92. The van der Waals surface area contributed by atoms with E-state index in [9.17, 15) is 0 Å². The van der Waals surface area contributed by atoms with Gasteiger partial charge in [-0.2, -0.15) is 0 Å². The first-order chi connectivity index (χ1) is 6.66. The van der Waals surface area contributed by atoms with Crippen LogP contribution in [0.5, 0.6) is 0 Å². The van der Waals surface area contributed by atoms with E-state index in [1.165, 1.54) is 0 Å². The van der Waals surface area contributed by atoms with Gasteiger partial charge in [-0.05, 0) is 20.3 Å². The molecule has 1 saturated heterocycles. The number of ether oxygens (including phenoxy) is 1. The molecule has 0 saturated carbocycles. The summed E-state index contributed by atoms with van der Waals surface area (Å²) in [6, 6.07) is -0.0130. The smallest absolute Gasteiger partial charge is 0.133 e. The molecule has 4 nitrogen and oxygen atoms in total. The summed E-state index contributed by atoms with van der Waals surface area (Å²) in [5.41, 5.74) is 5.73. The summed E-state index contributed by atoms with van der Waals surface area (Å²) in [5, 5.41) is 10.2. The number of nitrogens with zero attached hydrogens (tertiary/aromatic N) is 2. The van der Waals surface area contributed by atoms with E-state index in [-0.39, 0.29) is 6.04 Å². The van der Waals surface area contributed by atoms with Gasteiger partial charge in [0.2, 0.25) is 0 Å². The van der Waals surface area contributed by atoms with Crippen molar-refractivity contribution in [2.45, 2.75) is 38.3 Å². The van der Waals surface area contributed by atoms with Crippen molar-refractivity contribution >= 4 is 11.3 Å². The van der Waals surface area contributed by atoms with Crippen molar-refractivity contribution in [1.82, 2.24) is 10.2 Å². The summed E-state index contributed by atoms with van der Waals surface area (Å²) in [7, 11) is 0. The van der Waals surface area contributed by atoms with Crippen LogP contribution in [-0.2, 0) is 4.74 Å². The first-order valence-electron chi connectivity index (χ1n) is 4.87. The molecule has 2 N–H and O–H groups in total. The van der Waals surface area contributed by atoms with Crippen LogP contribution in [-0.4, -0.2) is 22.9 Å². The standard InChI is InChI=1S/C9H15N3OS/c1-5-3-7(4-13-5)9-12-11-8(14-9)6(2)10/h5-7H,3-4,10H2,1-2H3. The van der Waals surface area contributed by atoms with Crippen LogP contribution in [0.2, 0.25) is 0 Å². The molecule has 14 heavy (non-hydrogen) atoms. The van der Waals surface area contributed by atoms with Crippen LogP contribution in [0.3, 0.4) is 0 Å². The van der Waals surface area contributed by atoms with Gasteiger partial charge in [0.1, 0.15) is 10.0 Å². The lowest BCUT2D eigenvalue weighted by atomic mass is 10.1. The van der Waals surface area contributed by atoms with Gasteiger partial charge in [-0.1, -0.05) is 11.3 Å². The fraction of sp³-hybridized carbons (Fsp3) is 0.778. The first-order valence-corrected chi connectivity index (χ1v) is 5.69. The van der Waals surface area contributed by atoms with Gasteiger partial charge in [-0.15, -0.1) is 10.2 Å². The zero-order valence-corrected chi connectivity index (χ0v) is 9.25. The monoisotopic (exact) mass is 213 g/mol. The van der Waals surface area contributed by atoms with Crippen LogP contribution in [0.25, 0.3) is 0 Å². The molecular weight excluding hydrogens is 198 g/mol. The molecule has 1 aliphatic heterocycles. The quantitative estimate of drug-likeness (QED) is 0.807. The second-order valence-electron chi connectivity index (χ2n) is 3.84. The second-order valence-corrected chi connectivity index (χ2v) is 4.88. The fourth-order valence-corrected chi connectivity index (χ4v) is 2.48. The number of aromatic nitrogens is 2. The Kier molecular flexibility index (Phi) is 2.80. The van der Waals surface area contributed by atoms with Gasteiger partial charge >= 0.3 is 0 Å². The largest absolute Gasteiger partial charge is 0.378 e. The Hall–Kier alpha value is -0.520. The lowest BCUT2D eigenvalue weighted by molar-refractivity contribution is 0.123. The highest BCUT2D eigenvalue weighted by Gasteiger charge is 2.26. The van der Waals surface area contributed by atoms with Crippen LogP contribution < -0.4 is 5.73 Å². The third-order valence-electron chi connectivity index (χ3n) is 2.39. The Balaban J connectivity index is 2.09. The van der Waals surface area contributed by atoms with E-state index in [1.54, 1.807) is 11.3 Å². The maximum Gasteiger partial charge on any atom is 0.133 e. The molecule has 0 spiro atoms. The van der Waals surface area contributed by atoms with Crippen molar-refractivity contribution in [2.24, 2.45) is 5.73 Å². The minimum Gasteiger partial charge on any atom is -0.378 e. The van der Waals surface area contributed by atoms with Crippen LogP contribution in [0.4, 0.5) is 0 Å². The molecule has 1 aromatic heterocycles. The third-order valence-corrected chi connectivity index (χ3v) is 3.68. The summed E-state index contributed by atoms with van der Waals surface area (Å²) < 4.78 is 5.50. The zero-order valence-electron chi connectivity index (χ0n) is 8.43. The lowest BCUT2D eigenvalue weighted by Gasteiger charge is -2.00. The van der Waals surface area contributed by atoms with Gasteiger partial charge < -0.3 is 10.5 Å². The molecule has 2 heterocycles. The van der Waals surface area contributed by atoms with Crippen LogP contribution in [0.1, 0.15) is 42.2 Å². The van der Waals surface area contributed by atoms with E-state index >= 15 is 0 Å². The van der Waals surface area contributed by atoms with Gasteiger partial charge in [-0.25, -0.2) is 0 Å². The Morgan fingerprint density at radius 3 is 2.86 bits per heavy atom. The molecule has 1 aliphatic rings. The van der Waals surface area contributed by atoms with Crippen molar-refractivity contribution in [3.05, 3.63) is 10.0 Å². The summed E-state index contributed by atoms with van der Waals surface area (Å²) in [6.45, 7) is 4.79. The van der Waals surface area contributed by atoms with E-state index in [1.807, 2.05) is 6.92 Å². The van der Waals surface area contributed by atoms with Crippen molar-refractivity contribution in [3.8, 4) is 0 Å². The number of hydrogen-bond acceptors (Lipinski definition) is 5. The summed E-state index contributed by atoms with van der Waals surface area (Å²) in [5.74, 6) is 0.426. The molecule has 0 radical (unpaired) electrons. The highest BCUT2D eigenvalue weighted by Crippen LogP contribution is 2.31. The summed E-state index contributed by atoms with van der Waals surface area (Å²) >= 11 is 1.61. The molecule has 2 rings (SSSR count). The predicted octanol–water partition coefficient (Wildman–Crippen LogP) is 1.45. The Labute approximate surface area is 87.5 Å². The third kappa shape index (κ3) is 1.94. The summed E-state index contributed by atoms with van der Waals surface area (Å²) in [4.78, 5) is 0. The maximum absolute atomic E-state index is 5.73. The van der Waals surface area contributed by atoms with E-state index in [4.69, 9.17) is 10.5 Å². The van der Waals surface area contributed by atoms with Gasteiger partial charge in [0, 0.05) is 5.92 Å². The van der Waals surface area contributed by atoms with Gasteiger partial charge in [0.25, 0.3) is 0 Å². The van der Waals surface area contributed by atoms with Crippen molar-refractivity contribution in [1.29, 1.82) is 0 Å². The highest BCUT2D eigenvalue weighted by atomic mass is 32.1. The molecule has 78 valence electrons. The van der Waals surface area contributed by atoms with Crippen molar-refractivity contribution < 1.29 is 4.74 Å². The zero-order chi connectivity index (χ0) is 10.1. The molecule has 1 aromatic rings. The van der Waals surface area contributed by atoms with Gasteiger partial charge in [0.15, 0.2) is 0 Å². The Morgan fingerprint density at radius 1 is 1.57 bits per heavy atom. The Bertz CT molecular complexity index is 313. The number of rotatable bonds is 2. The Morgan fingerprint density at radius 2 is 2.36 bits per heavy atom. The van der Waals surface area contributed by atoms with Crippen LogP contribution >= 0.6 is 11.3 Å². The molecule has 0 amide bonds. The van der Waals surface area contributed by atoms with Crippen LogP contribution in [0, 0.1) is 0 Å². The minimum absolute atomic E-state index is 0.0130.